The van der Waals surface area contributed by atoms with Crippen LogP contribution in [0.3, 0.4) is 0 Å². The van der Waals surface area contributed by atoms with Crippen LogP contribution in [0, 0.1) is 0 Å². The van der Waals surface area contributed by atoms with Crippen molar-refractivity contribution >= 4 is 15.7 Å². The molecule has 0 spiro atoms. The second-order valence-corrected chi connectivity index (χ2v) is 7.94. The van der Waals surface area contributed by atoms with Crippen molar-refractivity contribution in [1.29, 1.82) is 0 Å². The van der Waals surface area contributed by atoms with Crippen molar-refractivity contribution in [2.45, 2.75) is 49.8 Å². The summed E-state index contributed by atoms with van der Waals surface area (Å²) in [5.74, 6) is -0.0182. The Hall–Kier alpha value is -0.620. The van der Waals surface area contributed by atoms with E-state index < -0.39 is 15.1 Å². The Labute approximate surface area is 115 Å². The lowest BCUT2D eigenvalue weighted by Gasteiger charge is -2.31. The summed E-state index contributed by atoms with van der Waals surface area (Å²) in [5, 5.41) is 2.52. The Morgan fingerprint density at radius 3 is 2.63 bits per heavy atom. The standard InChI is InChI=1S/C13H24N2O3S/c1-15(11-5-4-8-14-9-7-11)13(16)12-6-2-3-10-19(12,17)18/h11-12,14H,2-10H2,1H3. The maximum Gasteiger partial charge on any atom is 0.240 e. The second kappa shape index (κ2) is 6.22. The van der Waals surface area contributed by atoms with E-state index in [0.717, 1.165) is 38.8 Å². The third-order valence-corrected chi connectivity index (χ3v) is 6.46. The fraction of sp³-hybridized carbons (Fsp3) is 0.923. The van der Waals surface area contributed by atoms with Gasteiger partial charge in [-0.25, -0.2) is 8.42 Å². The topological polar surface area (TPSA) is 66.5 Å². The molecule has 1 amide bonds. The Balaban J connectivity index is 2.05. The molecule has 6 heteroatoms. The van der Waals surface area contributed by atoms with Gasteiger partial charge >= 0.3 is 0 Å². The molecule has 0 aromatic carbocycles. The van der Waals surface area contributed by atoms with Crippen LogP contribution in [0.5, 0.6) is 0 Å². The lowest BCUT2D eigenvalue weighted by Crippen LogP contribution is -2.47. The van der Waals surface area contributed by atoms with E-state index in [-0.39, 0.29) is 17.7 Å². The maximum atomic E-state index is 12.5. The van der Waals surface area contributed by atoms with Crippen molar-refractivity contribution in [1.82, 2.24) is 10.2 Å². The highest BCUT2D eigenvalue weighted by Gasteiger charge is 2.38. The van der Waals surface area contributed by atoms with Crippen LogP contribution in [0.2, 0.25) is 0 Å². The highest BCUT2D eigenvalue weighted by atomic mass is 32.2. The minimum atomic E-state index is -3.22. The van der Waals surface area contributed by atoms with E-state index in [1.807, 2.05) is 0 Å². The second-order valence-electron chi connectivity index (χ2n) is 5.64. The molecular formula is C13H24N2O3S. The zero-order chi connectivity index (χ0) is 13.9. The molecule has 2 rings (SSSR count). The fourth-order valence-electron chi connectivity index (χ4n) is 3.03. The predicted molar refractivity (Wildman–Crippen MR) is 74.7 cm³/mol. The highest BCUT2D eigenvalue weighted by molar-refractivity contribution is 7.92. The van der Waals surface area contributed by atoms with Gasteiger partial charge in [0.25, 0.3) is 0 Å². The third kappa shape index (κ3) is 3.48. The summed E-state index contributed by atoms with van der Waals surface area (Å²) in [6, 6.07) is 0.180. The Morgan fingerprint density at radius 1 is 1.11 bits per heavy atom. The van der Waals surface area contributed by atoms with Gasteiger partial charge in [-0.1, -0.05) is 6.42 Å². The van der Waals surface area contributed by atoms with E-state index in [0.29, 0.717) is 12.8 Å². The van der Waals surface area contributed by atoms with Gasteiger partial charge in [0.2, 0.25) is 5.91 Å². The molecule has 0 aliphatic carbocycles. The van der Waals surface area contributed by atoms with E-state index in [9.17, 15) is 13.2 Å². The largest absolute Gasteiger partial charge is 0.342 e. The SMILES string of the molecule is CN(C(=O)C1CCCCS1(=O)=O)C1CCCNCC1. The fourth-order valence-corrected chi connectivity index (χ4v) is 4.92. The predicted octanol–water partition coefficient (Wildman–Crippen LogP) is 0.554. The lowest BCUT2D eigenvalue weighted by atomic mass is 10.1. The molecule has 1 N–H and O–H groups in total. The van der Waals surface area contributed by atoms with Crippen molar-refractivity contribution < 1.29 is 13.2 Å². The first-order valence-electron chi connectivity index (χ1n) is 7.21. The van der Waals surface area contributed by atoms with E-state index in [1.165, 1.54) is 0 Å². The normalized spacial score (nSPS) is 31.4. The molecule has 110 valence electrons. The molecule has 2 unspecified atom stereocenters. The zero-order valence-corrected chi connectivity index (χ0v) is 12.4. The van der Waals surface area contributed by atoms with Gasteiger partial charge in [-0.3, -0.25) is 4.79 Å². The van der Waals surface area contributed by atoms with Crippen LogP contribution in [-0.4, -0.2) is 56.4 Å². The summed E-state index contributed by atoms with van der Waals surface area (Å²) in [6.07, 6.45) is 4.95. The molecule has 2 fully saturated rings. The molecule has 2 aliphatic heterocycles. The number of carbonyl (C=O) groups is 1. The summed E-state index contributed by atoms with van der Waals surface area (Å²) in [4.78, 5) is 14.1. The quantitative estimate of drug-likeness (QED) is 0.806. The van der Waals surface area contributed by atoms with E-state index >= 15 is 0 Å². The van der Waals surface area contributed by atoms with Gasteiger partial charge in [-0.05, 0) is 45.2 Å². The zero-order valence-electron chi connectivity index (χ0n) is 11.6. The van der Waals surface area contributed by atoms with Crippen molar-refractivity contribution in [2.75, 3.05) is 25.9 Å². The molecule has 0 radical (unpaired) electrons. The first-order chi connectivity index (χ1) is 9.02. The van der Waals surface area contributed by atoms with Gasteiger partial charge in [-0.2, -0.15) is 0 Å². The summed E-state index contributed by atoms with van der Waals surface area (Å²) < 4.78 is 24.0. The first-order valence-corrected chi connectivity index (χ1v) is 8.93. The van der Waals surface area contributed by atoms with Gasteiger partial charge in [0.1, 0.15) is 5.25 Å². The number of nitrogens with one attached hydrogen (secondary N) is 1. The smallest absolute Gasteiger partial charge is 0.240 e. The first kappa shape index (κ1) is 14.8. The Kier molecular flexibility index (Phi) is 4.84. The number of amides is 1. The van der Waals surface area contributed by atoms with E-state index in [4.69, 9.17) is 0 Å². The van der Waals surface area contributed by atoms with Gasteiger partial charge in [0.05, 0.1) is 5.75 Å². The van der Waals surface area contributed by atoms with Gasteiger partial charge in [0.15, 0.2) is 9.84 Å². The molecule has 0 aromatic heterocycles. The summed E-state index contributed by atoms with van der Waals surface area (Å²) in [5.41, 5.74) is 0. The minimum Gasteiger partial charge on any atom is -0.342 e. The van der Waals surface area contributed by atoms with E-state index in [2.05, 4.69) is 5.32 Å². The minimum absolute atomic E-state index is 0.170. The average molecular weight is 288 g/mol. The van der Waals surface area contributed by atoms with Crippen LogP contribution in [0.15, 0.2) is 0 Å². The molecule has 5 nitrogen and oxygen atoms in total. The van der Waals surface area contributed by atoms with Crippen LogP contribution >= 0.6 is 0 Å². The van der Waals surface area contributed by atoms with Crippen LogP contribution in [-0.2, 0) is 14.6 Å². The van der Waals surface area contributed by atoms with Crippen molar-refractivity contribution in [3.8, 4) is 0 Å². The number of sulfone groups is 1. The third-order valence-electron chi connectivity index (χ3n) is 4.29. The monoisotopic (exact) mass is 288 g/mol. The highest BCUT2D eigenvalue weighted by Crippen LogP contribution is 2.23. The Morgan fingerprint density at radius 2 is 1.89 bits per heavy atom. The summed E-state index contributed by atoms with van der Waals surface area (Å²) in [7, 11) is -1.46. The van der Waals surface area contributed by atoms with Gasteiger partial charge in [-0.15, -0.1) is 0 Å². The number of hydrogen-bond donors (Lipinski definition) is 1. The number of carbonyl (C=O) groups excluding carboxylic acids is 1. The molecule has 2 atom stereocenters. The number of nitrogens with zero attached hydrogens (tertiary/aromatic N) is 1. The van der Waals surface area contributed by atoms with Gasteiger partial charge < -0.3 is 10.2 Å². The van der Waals surface area contributed by atoms with Crippen molar-refractivity contribution in [3.05, 3.63) is 0 Å². The van der Waals surface area contributed by atoms with Crippen LogP contribution in [0.1, 0.15) is 38.5 Å². The van der Waals surface area contributed by atoms with Crippen LogP contribution in [0.4, 0.5) is 0 Å². The lowest BCUT2D eigenvalue weighted by molar-refractivity contribution is -0.131. The molecule has 2 heterocycles. The van der Waals surface area contributed by atoms with Crippen molar-refractivity contribution in [2.24, 2.45) is 0 Å². The van der Waals surface area contributed by atoms with Gasteiger partial charge in [0, 0.05) is 13.1 Å². The van der Waals surface area contributed by atoms with Crippen LogP contribution in [0.25, 0.3) is 0 Å². The molecule has 0 saturated carbocycles. The maximum absolute atomic E-state index is 12.5. The van der Waals surface area contributed by atoms with Crippen molar-refractivity contribution in [3.63, 3.8) is 0 Å². The van der Waals surface area contributed by atoms with E-state index in [1.54, 1.807) is 11.9 Å². The number of rotatable bonds is 2. The molecule has 0 aromatic rings. The summed E-state index contributed by atoms with van der Waals surface area (Å²) >= 11 is 0. The molecule has 2 saturated heterocycles. The Bertz CT molecular complexity index is 414. The molecule has 2 aliphatic rings. The molecule has 0 bridgehead atoms. The average Bonchev–Trinajstić information content (AvgIpc) is 2.65. The van der Waals surface area contributed by atoms with Crippen LogP contribution < -0.4 is 5.32 Å². The molecular weight excluding hydrogens is 264 g/mol. The summed E-state index contributed by atoms with van der Waals surface area (Å²) in [6.45, 7) is 1.89. The number of hydrogen-bond acceptors (Lipinski definition) is 4. The molecule has 19 heavy (non-hydrogen) atoms.